The zero-order valence-corrected chi connectivity index (χ0v) is 14.2. The van der Waals surface area contributed by atoms with Crippen molar-refractivity contribution in [1.82, 2.24) is 5.32 Å². The summed E-state index contributed by atoms with van der Waals surface area (Å²) in [6.07, 6.45) is 2.32. The van der Waals surface area contributed by atoms with E-state index in [9.17, 15) is 13.6 Å². The molecule has 2 bridgehead atoms. The highest BCUT2D eigenvalue weighted by Gasteiger charge is 2.58. The lowest BCUT2D eigenvalue weighted by atomic mass is 9.87. The molecule has 4 nitrogen and oxygen atoms in total. The lowest BCUT2D eigenvalue weighted by molar-refractivity contribution is -0.128. The Balaban J connectivity index is 1.43. The number of amides is 1. The van der Waals surface area contributed by atoms with Crippen molar-refractivity contribution in [3.63, 3.8) is 0 Å². The lowest BCUT2D eigenvalue weighted by Gasteiger charge is -2.40. The number of ether oxygens (including phenoxy) is 1. The molecule has 4 rings (SSSR count). The van der Waals surface area contributed by atoms with Gasteiger partial charge in [0.25, 0.3) is 11.8 Å². The number of carbonyl (C=O) groups is 1. The van der Waals surface area contributed by atoms with Gasteiger partial charge in [-0.3, -0.25) is 4.79 Å². The predicted molar refractivity (Wildman–Crippen MR) is 84.7 cm³/mol. The van der Waals surface area contributed by atoms with E-state index in [0.717, 1.165) is 0 Å². The summed E-state index contributed by atoms with van der Waals surface area (Å²) in [5.41, 5.74) is -0.333. The lowest BCUT2D eigenvalue weighted by Crippen LogP contribution is -2.47. The third-order valence-corrected chi connectivity index (χ3v) is 7.05. The Hall–Kier alpha value is -0.690. The van der Waals surface area contributed by atoms with E-state index in [0.29, 0.717) is 37.5 Å². The highest BCUT2D eigenvalue weighted by Crippen LogP contribution is 2.54. The molecular formula is C16H22F2N2O2S. The van der Waals surface area contributed by atoms with E-state index in [-0.39, 0.29) is 29.9 Å². The first-order valence-electron chi connectivity index (χ1n) is 8.30. The molecule has 2 heterocycles. The van der Waals surface area contributed by atoms with E-state index in [4.69, 9.17) is 4.74 Å². The van der Waals surface area contributed by atoms with Crippen LogP contribution in [0.25, 0.3) is 0 Å². The van der Waals surface area contributed by atoms with Crippen LogP contribution in [-0.4, -0.2) is 40.0 Å². The number of halogens is 2. The second kappa shape index (κ2) is 4.91. The van der Waals surface area contributed by atoms with Crippen molar-refractivity contribution in [3.05, 3.63) is 0 Å². The Labute approximate surface area is 138 Å². The van der Waals surface area contributed by atoms with Gasteiger partial charge >= 0.3 is 0 Å². The summed E-state index contributed by atoms with van der Waals surface area (Å²) in [6.45, 7) is 4.53. The molecule has 2 aliphatic heterocycles. The van der Waals surface area contributed by atoms with Gasteiger partial charge in [0.15, 0.2) is 5.17 Å². The fraction of sp³-hybridized carbons (Fsp3) is 0.875. The zero-order chi connectivity index (χ0) is 16.5. The molecule has 1 saturated heterocycles. The Bertz CT molecular complexity index is 580. The molecule has 0 radical (unpaired) electrons. The summed E-state index contributed by atoms with van der Waals surface area (Å²) >= 11 is 1.48. The summed E-state index contributed by atoms with van der Waals surface area (Å²) in [6, 6.07) is 0.0293. The number of amidine groups is 1. The molecular weight excluding hydrogens is 322 g/mol. The summed E-state index contributed by atoms with van der Waals surface area (Å²) < 4.78 is 32.4. The summed E-state index contributed by atoms with van der Waals surface area (Å²) in [5.74, 6) is -3.12. The zero-order valence-electron chi connectivity index (χ0n) is 13.4. The number of aliphatic imine (C=N–C) groups is 1. The number of rotatable bonds is 1. The molecule has 1 unspecified atom stereocenters. The monoisotopic (exact) mass is 344 g/mol. The average Bonchev–Trinajstić information content (AvgIpc) is 3.00. The first kappa shape index (κ1) is 15.8. The molecule has 3 fully saturated rings. The second-order valence-electron chi connectivity index (χ2n) is 8.00. The third-order valence-electron chi connectivity index (χ3n) is 5.73. The molecule has 1 spiro atoms. The highest BCUT2D eigenvalue weighted by molar-refractivity contribution is 8.16. The molecule has 7 heteroatoms. The molecule has 4 atom stereocenters. The van der Waals surface area contributed by atoms with Gasteiger partial charge in [-0.05, 0) is 39.0 Å². The maximum Gasteiger partial charge on any atom is 0.264 e. The minimum atomic E-state index is -2.50. The Morgan fingerprint density at radius 3 is 2.74 bits per heavy atom. The largest absolute Gasteiger partial charge is 0.375 e. The van der Waals surface area contributed by atoms with Crippen molar-refractivity contribution in [2.45, 2.75) is 68.3 Å². The minimum Gasteiger partial charge on any atom is -0.375 e. The van der Waals surface area contributed by atoms with Crippen molar-refractivity contribution in [2.75, 3.05) is 6.61 Å². The van der Waals surface area contributed by atoms with E-state index in [1.165, 1.54) is 11.8 Å². The molecule has 2 saturated carbocycles. The molecule has 128 valence electrons. The molecule has 1 N–H and O–H groups in total. The number of fused-ring (bicyclic) bond motifs is 2. The van der Waals surface area contributed by atoms with Crippen LogP contribution in [0.4, 0.5) is 8.78 Å². The van der Waals surface area contributed by atoms with Crippen LogP contribution in [0.3, 0.4) is 0 Å². The van der Waals surface area contributed by atoms with Crippen LogP contribution in [0.2, 0.25) is 0 Å². The van der Waals surface area contributed by atoms with E-state index >= 15 is 0 Å². The molecule has 0 aromatic heterocycles. The van der Waals surface area contributed by atoms with Crippen LogP contribution in [-0.2, 0) is 9.53 Å². The van der Waals surface area contributed by atoms with Crippen LogP contribution in [0.15, 0.2) is 4.99 Å². The number of thioether (sulfide) groups is 1. The van der Waals surface area contributed by atoms with Crippen LogP contribution in [0.5, 0.6) is 0 Å². The van der Waals surface area contributed by atoms with Gasteiger partial charge in [0.1, 0.15) is 4.75 Å². The summed E-state index contributed by atoms with van der Waals surface area (Å²) in [7, 11) is 0. The SMILES string of the molecule is CC1(C)CC2(CCO1)SC(N[C@H]1C[C@H]3C[C@@H]1CC3(F)F)=NC2=O. The number of hydrogen-bond acceptors (Lipinski definition) is 4. The van der Waals surface area contributed by atoms with E-state index < -0.39 is 16.6 Å². The van der Waals surface area contributed by atoms with Gasteiger partial charge in [-0.15, -0.1) is 0 Å². The van der Waals surface area contributed by atoms with Crippen molar-refractivity contribution in [1.29, 1.82) is 0 Å². The summed E-state index contributed by atoms with van der Waals surface area (Å²) in [4.78, 5) is 16.7. The number of alkyl halides is 2. The maximum absolute atomic E-state index is 13.6. The number of nitrogens with one attached hydrogen (secondary N) is 1. The fourth-order valence-electron chi connectivity index (χ4n) is 4.64. The standard InChI is InChI=1S/C16H22F2N2O2S/c1-14(2)8-15(3-4-22-14)12(21)20-13(23-15)19-11-6-10-5-9(11)7-16(10,17)18/h9-11H,3-8H2,1-2H3,(H,19,20,21)/t9-,10-,11+,15?/m1/s1. The summed E-state index contributed by atoms with van der Waals surface area (Å²) in [5, 5.41) is 3.91. The molecule has 0 aromatic rings. The van der Waals surface area contributed by atoms with Gasteiger partial charge in [0, 0.05) is 31.4 Å². The van der Waals surface area contributed by atoms with Gasteiger partial charge < -0.3 is 10.1 Å². The first-order chi connectivity index (χ1) is 10.7. The van der Waals surface area contributed by atoms with Gasteiger partial charge in [-0.1, -0.05) is 11.8 Å². The quantitative estimate of drug-likeness (QED) is 0.795. The second-order valence-corrected chi connectivity index (χ2v) is 9.37. The van der Waals surface area contributed by atoms with Gasteiger partial charge in [-0.25, -0.2) is 8.78 Å². The molecule has 2 aliphatic carbocycles. The minimum absolute atomic E-state index is 0.00363. The van der Waals surface area contributed by atoms with Crippen LogP contribution in [0, 0.1) is 11.8 Å². The van der Waals surface area contributed by atoms with Crippen molar-refractivity contribution in [2.24, 2.45) is 16.8 Å². The van der Waals surface area contributed by atoms with Crippen LogP contribution >= 0.6 is 11.8 Å². The molecule has 4 aliphatic rings. The van der Waals surface area contributed by atoms with Gasteiger partial charge in [0.05, 0.1) is 5.60 Å². The Morgan fingerprint density at radius 2 is 2.13 bits per heavy atom. The van der Waals surface area contributed by atoms with Crippen molar-refractivity contribution in [3.8, 4) is 0 Å². The molecule has 0 aromatic carbocycles. The van der Waals surface area contributed by atoms with Crippen molar-refractivity contribution >= 4 is 22.8 Å². The van der Waals surface area contributed by atoms with E-state index in [2.05, 4.69) is 10.3 Å². The average molecular weight is 344 g/mol. The van der Waals surface area contributed by atoms with Crippen LogP contribution < -0.4 is 5.32 Å². The predicted octanol–water partition coefficient (Wildman–Crippen LogP) is 2.97. The number of carbonyl (C=O) groups excluding carboxylic acids is 1. The van der Waals surface area contributed by atoms with Gasteiger partial charge in [0.2, 0.25) is 0 Å². The Kier molecular flexibility index (Phi) is 3.38. The van der Waals surface area contributed by atoms with E-state index in [1.807, 2.05) is 13.8 Å². The maximum atomic E-state index is 13.6. The highest BCUT2D eigenvalue weighted by atomic mass is 32.2. The van der Waals surface area contributed by atoms with Gasteiger partial charge in [-0.2, -0.15) is 4.99 Å². The van der Waals surface area contributed by atoms with Crippen LogP contribution in [0.1, 0.15) is 46.0 Å². The first-order valence-corrected chi connectivity index (χ1v) is 9.11. The van der Waals surface area contributed by atoms with E-state index in [1.54, 1.807) is 0 Å². The third kappa shape index (κ3) is 2.60. The topological polar surface area (TPSA) is 50.7 Å². The number of hydrogen-bond donors (Lipinski definition) is 1. The van der Waals surface area contributed by atoms with Crippen molar-refractivity contribution < 1.29 is 18.3 Å². The smallest absolute Gasteiger partial charge is 0.264 e. The Morgan fingerprint density at radius 1 is 1.35 bits per heavy atom. The molecule has 1 amide bonds. The molecule has 23 heavy (non-hydrogen) atoms. The normalized spacial score (nSPS) is 43.9. The fourth-order valence-corrected chi connectivity index (χ4v) is 6.09. The number of nitrogens with zero attached hydrogens (tertiary/aromatic N) is 1.